The standard InChI is InChI=1S/C14H19F2NO/c1-9(2)12-6-7-18-13(8-17-12)10-4-3-5-11(15)14(10)16/h3-5,9,12-13,17H,6-8H2,1-2H3. The fourth-order valence-electron chi connectivity index (χ4n) is 2.29. The van der Waals surface area contributed by atoms with Crippen LogP contribution in [0.5, 0.6) is 0 Å². The minimum atomic E-state index is -0.819. The highest BCUT2D eigenvalue weighted by Gasteiger charge is 2.24. The summed E-state index contributed by atoms with van der Waals surface area (Å²) in [5.74, 6) is -1.11. The SMILES string of the molecule is CC(C)C1CCOC(c2cccc(F)c2F)CN1. The molecule has 1 heterocycles. The van der Waals surface area contributed by atoms with Crippen LogP contribution in [0.2, 0.25) is 0 Å². The van der Waals surface area contributed by atoms with Gasteiger partial charge in [0.25, 0.3) is 0 Å². The third kappa shape index (κ3) is 2.87. The van der Waals surface area contributed by atoms with E-state index in [9.17, 15) is 8.78 Å². The van der Waals surface area contributed by atoms with Gasteiger partial charge in [-0.3, -0.25) is 0 Å². The van der Waals surface area contributed by atoms with Crippen LogP contribution in [0.15, 0.2) is 18.2 Å². The van der Waals surface area contributed by atoms with Crippen LogP contribution in [0.25, 0.3) is 0 Å². The maximum absolute atomic E-state index is 13.7. The van der Waals surface area contributed by atoms with Crippen LogP contribution < -0.4 is 5.32 Å². The first-order chi connectivity index (χ1) is 8.59. The molecule has 1 saturated heterocycles. The van der Waals surface area contributed by atoms with Gasteiger partial charge in [0.05, 0.1) is 6.10 Å². The number of ether oxygens (including phenoxy) is 1. The summed E-state index contributed by atoms with van der Waals surface area (Å²) >= 11 is 0. The van der Waals surface area contributed by atoms with Gasteiger partial charge in [-0.1, -0.05) is 26.0 Å². The van der Waals surface area contributed by atoms with Crippen molar-refractivity contribution in [3.05, 3.63) is 35.4 Å². The van der Waals surface area contributed by atoms with E-state index in [0.717, 1.165) is 12.5 Å². The molecular formula is C14H19F2NO. The van der Waals surface area contributed by atoms with Crippen molar-refractivity contribution in [2.24, 2.45) is 5.92 Å². The molecule has 1 aliphatic rings. The van der Waals surface area contributed by atoms with E-state index in [1.54, 1.807) is 6.07 Å². The van der Waals surface area contributed by atoms with Gasteiger partial charge in [0, 0.05) is 24.8 Å². The monoisotopic (exact) mass is 255 g/mol. The van der Waals surface area contributed by atoms with Crippen LogP contribution in [-0.4, -0.2) is 19.2 Å². The maximum atomic E-state index is 13.7. The normalized spacial score (nSPS) is 25.2. The molecule has 1 aromatic carbocycles. The van der Waals surface area contributed by atoms with Crippen molar-refractivity contribution in [1.29, 1.82) is 0 Å². The number of halogens is 2. The first-order valence-electron chi connectivity index (χ1n) is 6.38. The number of hydrogen-bond donors (Lipinski definition) is 1. The van der Waals surface area contributed by atoms with Crippen LogP contribution in [0.1, 0.15) is 31.9 Å². The number of rotatable bonds is 2. The molecule has 0 saturated carbocycles. The van der Waals surface area contributed by atoms with Gasteiger partial charge in [-0.05, 0) is 18.4 Å². The summed E-state index contributed by atoms with van der Waals surface area (Å²) in [6.07, 6.45) is 0.481. The Morgan fingerprint density at radius 1 is 1.33 bits per heavy atom. The first kappa shape index (κ1) is 13.4. The van der Waals surface area contributed by atoms with E-state index in [1.165, 1.54) is 6.07 Å². The summed E-state index contributed by atoms with van der Waals surface area (Å²) in [6, 6.07) is 4.59. The molecule has 0 radical (unpaired) electrons. The second-order valence-corrected chi connectivity index (χ2v) is 5.05. The Labute approximate surface area is 106 Å². The van der Waals surface area contributed by atoms with Gasteiger partial charge >= 0.3 is 0 Å². The highest BCUT2D eigenvalue weighted by molar-refractivity contribution is 5.22. The van der Waals surface area contributed by atoms with Crippen molar-refractivity contribution in [3.63, 3.8) is 0 Å². The summed E-state index contributed by atoms with van der Waals surface area (Å²) in [7, 11) is 0. The average Bonchev–Trinajstić information content (AvgIpc) is 2.58. The lowest BCUT2D eigenvalue weighted by atomic mass is 10.0. The van der Waals surface area contributed by atoms with Gasteiger partial charge in [0.1, 0.15) is 0 Å². The molecule has 1 aliphatic heterocycles. The van der Waals surface area contributed by atoms with Crippen molar-refractivity contribution in [2.45, 2.75) is 32.4 Å². The highest BCUT2D eigenvalue weighted by atomic mass is 19.2. The first-order valence-corrected chi connectivity index (χ1v) is 6.38. The number of benzene rings is 1. The molecule has 2 unspecified atom stereocenters. The molecule has 18 heavy (non-hydrogen) atoms. The molecule has 0 aliphatic carbocycles. The quantitative estimate of drug-likeness (QED) is 0.877. The van der Waals surface area contributed by atoms with E-state index in [1.807, 2.05) is 0 Å². The zero-order valence-corrected chi connectivity index (χ0v) is 10.7. The summed E-state index contributed by atoms with van der Waals surface area (Å²) < 4.78 is 32.5. The van der Waals surface area contributed by atoms with E-state index in [0.29, 0.717) is 30.7 Å². The van der Waals surface area contributed by atoms with Gasteiger partial charge in [0.15, 0.2) is 11.6 Å². The summed E-state index contributed by atoms with van der Waals surface area (Å²) in [6.45, 7) is 5.36. The van der Waals surface area contributed by atoms with Gasteiger partial charge in [-0.15, -0.1) is 0 Å². The molecular weight excluding hydrogens is 236 g/mol. The Balaban J connectivity index is 2.12. The van der Waals surface area contributed by atoms with Crippen LogP contribution in [0, 0.1) is 17.6 Å². The number of nitrogens with one attached hydrogen (secondary N) is 1. The van der Waals surface area contributed by atoms with Crippen molar-refractivity contribution in [3.8, 4) is 0 Å². The molecule has 0 amide bonds. The maximum Gasteiger partial charge on any atom is 0.164 e. The van der Waals surface area contributed by atoms with E-state index in [2.05, 4.69) is 19.2 Å². The predicted octanol–water partition coefficient (Wildman–Crippen LogP) is 3.04. The van der Waals surface area contributed by atoms with E-state index in [-0.39, 0.29) is 0 Å². The largest absolute Gasteiger partial charge is 0.372 e. The van der Waals surface area contributed by atoms with Crippen molar-refractivity contribution in [2.75, 3.05) is 13.2 Å². The molecule has 0 bridgehead atoms. The van der Waals surface area contributed by atoms with E-state index in [4.69, 9.17) is 4.74 Å². The number of hydrogen-bond acceptors (Lipinski definition) is 2. The van der Waals surface area contributed by atoms with Crippen molar-refractivity contribution < 1.29 is 13.5 Å². The van der Waals surface area contributed by atoms with Crippen molar-refractivity contribution >= 4 is 0 Å². The molecule has 4 heteroatoms. The van der Waals surface area contributed by atoms with Gasteiger partial charge < -0.3 is 10.1 Å². The third-order valence-corrected chi connectivity index (χ3v) is 3.45. The lowest BCUT2D eigenvalue weighted by Gasteiger charge is -2.20. The predicted molar refractivity (Wildman–Crippen MR) is 66.3 cm³/mol. The molecule has 1 fully saturated rings. The minimum Gasteiger partial charge on any atom is -0.372 e. The second-order valence-electron chi connectivity index (χ2n) is 5.05. The Morgan fingerprint density at radius 2 is 2.11 bits per heavy atom. The van der Waals surface area contributed by atoms with Crippen LogP contribution in [-0.2, 0) is 4.74 Å². The fraction of sp³-hybridized carbons (Fsp3) is 0.571. The van der Waals surface area contributed by atoms with Crippen molar-refractivity contribution in [1.82, 2.24) is 5.32 Å². The lowest BCUT2D eigenvalue weighted by molar-refractivity contribution is 0.0630. The average molecular weight is 255 g/mol. The molecule has 0 aromatic heterocycles. The summed E-state index contributed by atoms with van der Waals surface area (Å²) in [5, 5.41) is 3.36. The molecule has 2 nitrogen and oxygen atoms in total. The Kier molecular flexibility index (Phi) is 4.30. The van der Waals surface area contributed by atoms with Crippen LogP contribution in [0.4, 0.5) is 8.78 Å². The second kappa shape index (κ2) is 5.76. The highest BCUT2D eigenvalue weighted by Crippen LogP contribution is 2.25. The molecule has 100 valence electrons. The topological polar surface area (TPSA) is 21.3 Å². The summed E-state index contributed by atoms with van der Waals surface area (Å²) in [5.41, 5.74) is 0.298. The van der Waals surface area contributed by atoms with Gasteiger partial charge in [0.2, 0.25) is 0 Å². The Bertz CT molecular complexity index is 409. The Hall–Kier alpha value is -1.00. The lowest BCUT2D eigenvalue weighted by Crippen LogP contribution is -2.34. The fourth-order valence-corrected chi connectivity index (χ4v) is 2.29. The van der Waals surface area contributed by atoms with E-state index >= 15 is 0 Å². The molecule has 2 rings (SSSR count). The smallest absolute Gasteiger partial charge is 0.164 e. The van der Waals surface area contributed by atoms with Gasteiger partial charge in [-0.2, -0.15) is 0 Å². The molecule has 1 N–H and O–H groups in total. The summed E-state index contributed by atoms with van der Waals surface area (Å²) in [4.78, 5) is 0. The molecule has 1 aromatic rings. The van der Waals surface area contributed by atoms with E-state index < -0.39 is 17.7 Å². The van der Waals surface area contributed by atoms with Gasteiger partial charge in [-0.25, -0.2) is 8.78 Å². The minimum absolute atomic E-state index is 0.298. The molecule has 2 atom stereocenters. The molecule has 0 spiro atoms. The third-order valence-electron chi connectivity index (χ3n) is 3.45. The van der Waals surface area contributed by atoms with Crippen LogP contribution in [0.3, 0.4) is 0 Å². The zero-order chi connectivity index (χ0) is 13.1. The zero-order valence-electron chi connectivity index (χ0n) is 10.7. The van der Waals surface area contributed by atoms with Crippen LogP contribution >= 0.6 is 0 Å². The Morgan fingerprint density at radius 3 is 2.83 bits per heavy atom.